The smallest absolute Gasteiger partial charge is 0.222 e. The van der Waals surface area contributed by atoms with Crippen LogP contribution in [0.1, 0.15) is 46.0 Å². The Kier molecular flexibility index (Phi) is 6.09. The second kappa shape index (κ2) is 7.10. The highest BCUT2D eigenvalue weighted by atomic mass is 16.5. The summed E-state index contributed by atoms with van der Waals surface area (Å²) in [5.74, 6) is 0.805. The molecule has 0 aliphatic carbocycles. The van der Waals surface area contributed by atoms with E-state index in [2.05, 4.69) is 13.8 Å². The number of carbonyl (C=O) groups excluding carboxylic acids is 1. The molecule has 18 heavy (non-hydrogen) atoms. The van der Waals surface area contributed by atoms with Crippen LogP contribution >= 0.6 is 0 Å². The van der Waals surface area contributed by atoms with Crippen LogP contribution in [0.2, 0.25) is 0 Å². The summed E-state index contributed by atoms with van der Waals surface area (Å²) < 4.78 is 5.51. The van der Waals surface area contributed by atoms with E-state index in [9.17, 15) is 4.79 Å². The number of carbonyl (C=O) groups is 1. The van der Waals surface area contributed by atoms with Crippen LogP contribution in [0.5, 0.6) is 0 Å². The van der Waals surface area contributed by atoms with Gasteiger partial charge in [0.1, 0.15) is 0 Å². The Bertz CT molecular complexity index is 271. The molecule has 2 atom stereocenters. The van der Waals surface area contributed by atoms with Crippen molar-refractivity contribution in [2.45, 2.75) is 51.6 Å². The summed E-state index contributed by atoms with van der Waals surface area (Å²) in [6.07, 6.45) is 4.66. The van der Waals surface area contributed by atoms with E-state index < -0.39 is 0 Å². The molecule has 0 saturated carbocycles. The zero-order valence-corrected chi connectivity index (χ0v) is 12.1. The summed E-state index contributed by atoms with van der Waals surface area (Å²) >= 11 is 0. The highest BCUT2D eigenvalue weighted by molar-refractivity contribution is 5.76. The van der Waals surface area contributed by atoms with Gasteiger partial charge in [0.05, 0.1) is 5.60 Å². The average Bonchev–Trinajstić information content (AvgIpc) is 2.36. The lowest BCUT2D eigenvalue weighted by molar-refractivity contribution is -0.139. The molecule has 1 heterocycles. The molecule has 1 saturated heterocycles. The number of hydrogen-bond donors (Lipinski definition) is 1. The van der Waals surface area contributed by atoms with E-state index in [0.717, 1.165) is 38.8 Å². The fourth-order valence-electron chi connectivity index (χ4n) is 2.54. The molecule has 2 N–H and O–H groups in total. The number of amides is 1. The molecule has 0 aromatic rings. The van der Waals surface area contributed by atoms with Gasteiger partial charge in [0.2, 0.25) is 5.91 Å². The van der Waals surface area contributed by atoms with Crippen molar-refractivity contribution in [2.75, 3.05) is 26.7 Å². The van der Waals surface area contributed by atoms with Crippen LogP contribution in [-0.2, 0) is 9.53 Å². The van der Waals surface area contributed by atoms with Gasteiger partial charge in [0.25, 0.3) is 0 Å². The van der Waals surface area contributed by atoms with E-state index in [4.69, 9.17) is 10.5 Å². The van der Waals surface area contributed by atoms with Crippen LogP contribution in [0.15, 0.2) is 0 Å². The molecular weight excluding hydrogens is 228 g/mol. The van der Waals surface area contributed by atoms with Gasteiger partial charge in [-0.1, -0.05) is 6.92 Å². The number of piperidine rings is 1. The highest BCUT2D eigenvalue weighted by Gasteiger charge is 2.32. The van der Waals surface area contributed by atoms with Gasteiger partial charge in [0.15, 0.2) is 0 Å². The summed E-state index contributed by atoms with van der Waals surface area (Å²) in [5, 5.41) is 0. The van der Waals surface area contributed by atoms with Crippen LogP contribution in [-0.4, -0.2) is 43.2 Å². The maximum atomic E-state index is 12.1. The maximum Gasteiger partial charge on any atom is 0.222 e. The fraction of sp³-hybridized carbons (Fsp3) is 0.929. The number of likely N-dealkylation sites (tertiary alicyclic amines) is 1. The SMILES string of the molecule is COC1(C)CCCN(C(=O)CCC(C)CCN)C1. The van der Waals surface area contributed by atoms with Crippen LogP contribution in [0.25, 0.3) is 0 Å². The van der Waals surface area contributed by atoms with Crippen molar-refractivity contribution < 1.29 is 9.53 Å². The molecule has 0 bridgehead atoms. The Labute approximate surface area is 111 Å². The molecular formula is C14H28N2O2. The summed E-state index contributed by atoms with van der Waals surface area (Å²) in [5.41, 5.74) is 5.36. The normalized spacial score (nSPS) is 26.1. The Morgan fingerprint density at radius 3 is 2.83 bits per heavy atom. The van der Waals surface area contributed by atoms with E-state index in [1.165, 1.54) is 0 Å². The van der Waals surface area contributed by atoms with Gasteiger partial charge >= 0.3 is 0 Å². The number of nitrogens with two attached hydrogens (primary N) is 1. The number of nitrogens with zero attached hydrogens (tertiary/aromatic N) is 1. The van der Waals surface area contributed by atoms with Crippen molar-refractivity contribution in [3.05, 3.63) is 0 Å². The molecule has 1 aliphatic heterocycles. The van der Waals surface area contributed by atoms with Crippen molar-refractivity contribution >= 4 is 5.91 Å². The van der Waals surface area contributed by atoms with Crippen LogP contribution in [0.4, 0.5) is 0 Å². The zero-order valence-electron chi connectivity index (χ0n) is 12.1. The standard InChI is InChI=1S/C14H28N2O2/c1-12(7-9-15)5-6-13(17)16-10-4-8-14(2,11-16)18-3/h12H,4-11,15H2,1-3H3. The molecule has 0 radical (unpaired) electrons. The van der Waals surface area contributed by atoms with Gasteiger partial charge in [0, 0.05) is 26.6 Å². The van der Waals surface area contributed by atoms with Crippen molar-refractivity contribution in [2.24, 2.45) is 11.7 Å². The summed E-state index contributed by atoms with van der Waals surface area (Å²) in [6, 6.07) is 0. The molecule has 4 nitrogen and oxygen atoms in total. The van der Waals surface area contributed by atoms with E-state index in [-0.39, 0.29) is 11.5 Å². The van der Waals surface area contributed by atoms with Crippen molar-refractivity contribution in [1.29, 1.82) is 0 Å². The van der Waals surface area contributed by atoms with Gasteiger partial charge < -0.3 is 15.4 Å². The zero-order chi connectivity index (χ0) is 13.6. The molecule has 1 aliphatic rings. The van der Waals surface area contributed by atoms with Crippen LogP contribution in [0, 0.1) is 5.92 Å². The Hall–Kier alpha value is -0.610. The van der Waals surface area contributed by atoms with Crippen LogP contribution in [0.3, 0.4) is 0 Å². The van der Waals surface area contributed by atoms with E-state index in [1.807, 2.05) is 4.90 Å². The lowest BCUT2D eigenvalue weighted by Crippen LogP contribution is -2.49. The van der Waals surface area contributed by atoms with E-state index in [1.54, 1.807) is 7.11 Å². The Morgan fingerprint density at radius 2 is 2.22 bits per heavy atom. The topological polar surface area (TPSA) is 55.6 Å². The highest BCUT2D eigenvalue weighted by Crippen LogP contribution is 2.24. The number of methoxy groups -OCH3 is 1. The first-order valence-electron chi connectivity index (χ1n) is 7.04. The number of ether oxygens (including phenoxy) is 1. The van der Waals surface area contributed by atoms with Gasteiger partial charge in [-0.2, -0.15) is 0 Å². The molecule has 0 spiro atoms. The molecule has 0 aromatic heterocycles. The van der Waals surface area contributed by atoms with Gasteiger partial charge in [-0.3, -0.25) is 4.79 Å². The minimum absolute atomic E-state index is 0.156. The lowest BCUT2D eigenvalue weighted by atomic mass is 9.94. The van der Waals surface area contributed by atoms with Crippen LogP contribution < -0.4 is 5.73 Å². The van der Waals surface area contributed by atoms with Crippen molar-refractivity contribution in [3.8, 4) is 0 Å². The Balaban J connectivity index is 2.37. The third-order valence-electron chi connectivity index (χ3n) is 4.01. The quantitative estimate of drug-likeness (QED) is 0.788. The minimum atomic E-state index is -0.156. The summed E-state index contributed by atoms with van der Waals surface area (Å²) in [4.78, 5) is 14.1. The van der Waals surface area contributed by atoms with Gasteiger partial charge in [-0.15, -0.1) is 0 Å². The largest absolute Gasteiger partial charge is 0.377 e. The molecule has 1 rings (SSSR count). The maximum absolute atomic E-state index is 12.1. The molecule has 1 amide bonds. The first kappa shape index (κ1) is 15.4. The Morgan fingerprint density at radius 1 is 1.50 bits per heavy atom. The second-order valence-corrected chi connectivity index (χ2v) is 5.79. The van der Waals surface area contributed by atoms with Gasteiger partial charge in [-0.05, 0) is 45.1 Å². The number of rotatable bonds is 6. The first-order chi connectivity index (χ1) is 8.50. The minimum Gasteiger partial charge on any atom is -0.377 e. The second-order valence-electron chi connectivity index (χ2n) is 5.79. The lowest BCUT2D eigenvalue weighted by Gasteiger charge is -2.39. The third kappa shape index (κ3) is 4.58. The predicted molar refractivity (Wildman–Crippen MR) is 73.3 cm³/mol. The van der Waals surface area contributed by atoms with E-state index in [0.29, 0.717) is 18.9 Å². The van der Waals surface area contributed by atoms with Crippen molar-refractivity contribution in [1.82, 2.24) is 4.90 Å². The van der Waals surface area contributed by atoms with Gasteiger partial charge in [-0.25, -0.2) is 0 Å². The molecule has 4 heteroatoms. The third-order valence-corrected chi connectivity index (χ3v) is 4.01. The monoisotopic (exact) mass is 256 g/mol. The molecule has 0 aromatic carbocycles. The number of hydrogen-bond acceptors (Lipinski definition) is 3. The summed E-state index contributed by atoms with van der Waals surface area (Å²) in [6.45, 7) is 6.57. The first-order valence-corrected chi connectivity index (χ1v) is 7.04. The summed E-state index contributed by atoms with van der Waals surface area (Å²) in [7, 11) is 1.73. The van der Waals surface area contributed by atoms with E-state index >= 15 is 0 Å². The fourth-order valence-corrected chi connectivity index (χ4v) is 2.54. The molecule has 2 unspecified atom stereocenters. The molecule has 1 fully saturated rings. The molecule has 106 valence electrons. The van der Waals surface area contributed by atoms with Crippen molar-refractivity contribution in [3.63, 3.8) is 0 Å². The predicted octanol–water partition coefficient (Wildman–Crippen LogP) is 1.78. The average molecular weight is 256 g/mol.